The molecule has 0 aliphatic carbocycles. The van der Waals surface area contributed by atoms with Crippen molar-refractivity contribution >= 4 is 22.7 Å². The van der Waals surface area contributed by atoms with Gasteiger partial charge in [0, 0.05) is 37.8 Å². The van der Waals surface area contributed by atoms with Crippen LogP contribution in [0.15, 0.2) is 41.2 Å². The van der Waals surface area contributed by atoms with Crippen molar-refractivity contribution in [2.45, 2.75) is 32.2 Å². The van der Waals surface area contributed by atoms with Crippen molar-refractivity contribution in [1.29, 1.82) is 0 Å². The highest BCUT2D eigenvalue weighted by Crippen LogP contribution is 2.26. The summed E-state index contributed by atoms with van der Waals surface area (Å²) in [6.07, 6.45) is 2.29. The number of carbonyl (C=O) groups excluding carboxylic acids is 2. The Kier molecular flexibility index (Phi) is 6.23. The maximum absolute atomic E-state index is 14.5. The lowest BCUT2D eigenvalue weighted by Gasteiger charge is -2.32. The van der Waals surface area contributed by atoms with Gasteiger partial charge in [0.1, 0.15) is 5.82 Å². The number of hydrogen-bond acceptors (Lipinski definition) is 4. The zero-order chi connectivity index (χ0) is 22.8. The molecule has 1 amide bonds. The Labute approximate surface area is 185 Å². The van der Waals surface area contributed by atoms with Crippen LogP contribution < -0.4 is 11.0 Å². The van der Waals surface area contributed by atoms with E-state index in [-0.39, 0.29) is 23.1 Å². The van der Waals surface area contributed by atoms with Crippen LogP contribution >= 0.6 is 0 Å². The van der Waals surface area contributed by atoms with Gasteiger partial charge >= 0.3 is 5.69 Å². The van der Waals surface area contributed by atoms with Crippen LogP contribution in [0, 0.1) is 5.82 Å². The third-order valence-electron chi connectivity index (χ3n) is 6.25. The van der Waals surface area contributed by atoms with E-state index in [1.54, 1.807) is 4.57 Å². The number of likely N-dealkylation sites (tertiary alicyclic amines) is 1. The lowest BCUT2D eigenvalue weighted by atomic mass is 10.0. The molecule has 0 spiro atoms. The second-order valence-electron chi connectivity index (χ2n) is 8.21. The number of halogens is 1. The first-order valence-corrected chi connectivity index (χ1v) is 10.9. The van der Waals surface area contributed by atoms with Crippen molar-refractivity contribution in [3.63, 3.8) is 0 Å². The molecule has 2 aromatic carbocycles. The molecule has 0 radical (unpaired) electrons. The SMILES string of the molecule is CCc1ccc(C(=O)CN2CCC(n3c(=O)[nH]c4cc(C(=O)NC)c(F)cc43)CC2)cc1. The number of imidazole rings is 1. The van der Waals surface area contributed by atoms with E-state index in [2.05, 4.69) is 22.1 Å². The van der Waals surface area contributed by atoms with Gasteiger partial charge in [-0.05, 0) is 30.9 Å². The first-order valence-electron chi connectivity index (χ1n) is 10.9. The van der Waals surface area contributed by atoms with Gasteiger partial charge in [0.2, 0.25) is 0 Å². The van der Waals surface area contributed by atoms with Crippen molar-refractivity contribution in [2.24, 2.45) is 0 Å². The number of piperidine rings is 1. The van der Waals surface area contributed by atoms with E-state index < -0.39 is 11.7 Å². The Morgan fingerprint density at radius 3 is 2.47 bits per heavy atom. The third kappa shape index (κ3) is 4.23. The first-order chi connectivity index (χ1) is 15.4. The summed E-state index contributed by atoms with van der Waals surface area (Å²) in [6, 6.07) is 10.2. The number of H-pyrrole nitrogens is 1. The van der Waals surface area contributed by atoms with Crippen LogP contribution in [0.25, 0.3) is 11.0 Å². The summed E-state index contributed by atoms with van der Waals surface area (Å²) in [5.74, 6) is -1.12. The van der Waals surface area contributed by atoms with Gasteiger partial charge in [0.15, 0.2) is 5.78 Å². The number of nitrogens with zero attached hydrogens (tertiary/aromatic N) is 2. The number of rotatable bonds is 6. The predicted molar refractivity (Wildman–Crippen MR) is 121 cm³/mol. The minimum absolute atomic E-state index is 0.0826. The van der Waals surface area contributed by atoms with Gasteiger partial charge < -0.3 is 10.3 Å². The second kappa shape index (κ2) is 9.08. The molecule has 1 saturated heterocycles. The molecule has 1 aromatic heterocycles. The quantitative estimate of drug-likeness (QED) is 0.580. The Morgan fingerprint density at radius 2 is 1.84 bits per heavy atom. The van der Waals surface area contributed by atoms with Gasteiger partial charge in [-0.3, -0.25) is 19.1 Å². The van der Waals surface area contributed by atoms with Gasteiger partial charge in [0.25, 0.3) is 5.91 Å². The normalized spacial score (nSPS) is 15.2. The number of nitrogens with one attached hydrogen (secondary N) is 2. The predicted octanol–water partition coefficient (Wildman–Crippen LogP) is 2.91. The first kappa shape index (κ1) is 22.0. The molecule has 32 heavy (non-hydrogen) atoms. The maximum atomic E-state index is 14.5. The van der Waals surface area contributed by atoms with Crippen molar-refractivity contribution in [2.75, 3.05) is 26.7 Å². The van der Waals surface area contributed by atoms with E-state index in [9.17, 15) is 18.8 Å². The van der Waals surface area contributed by atoms with Crippen molar-refractivity contribution in [3.8, 4) is 0 Å². The van der Waals surface area contributed by atoms with Crippen LogP contribution in [0.2, 0.25) is 0 Å². The van der Waals surface area contributed by atoms with Crippen LogP contribution in [-0.4, -0.2) is 52.8 Å². The molecule has 0 saturated carbocycles. The van der Waals surface area contributed by atoms with E-state index in [0.717, 1.165) is 6.42 Å². The summed E-state index contributed by atoms with van der Waals surface area (Å²) in [5, 5.41) is 2.40. The smallest absolute Gasteiger partial charge is 0.326 e. The Hall–Kier alpha value is -3.26. The molecule has 3 aromatic rings. The number of aromatic nitrogens is 2. The van der Waals surface area contributed by atoms with Crippen molar-refractivity contribution in [1.82, 2.24) is 19.8 Å². The number of aryl methyl sites for hydroxylation is 1. The van der Waals surface area contributed by atoms with Gasteiger partial charge in [0.05, 0.1) is 23.1 Å². The van der Waals surface area contributed by atoms with Crippen LogP contribution in [0.1, 0.15) is 52.1 Å². The average Bonchev–Trinajstić information content (AvgIpc) is 3.13. The Balaban J connectivity index is 1.46. The number of carbonyl (C=O) groups is 2. The Bertz CT molecular complexity index is 1200. The zero-order valence-electron chi connectivity index (χ0n) is 18.3. The molecule has 4 rings (SSSR count). The number of fused-ring (bicyclic) bond motifs is 1. The molecule has 0 atom stereocenters. The molecule has 1 aliphatic heterocycles. The van der Waals surface area contributed by atoms with Crippen LogP contribution in [0.4, 0.5) is 4.39 Å². The number of aromatic amines is 1. The lowest BCUT2D eigenvalue weighted by Crippen LogP contribution is -2.39. The fourth-order valence-electron chi connectivity index (χ4n) is 4.37. The van der Waals surface area contributed by atoms with Gasteiger partial charge in [-0.15, -0.1) is 0 Å². The summed E-state index contributed by atoms with van der Waals surface area (Å²) in [7, 11) is 1.43. The van der Waals surface area contributed by atoms with E-state index in [1.807, 2.05) is 24.3 Å². The second-order valence-corrected chi connectivity index (χ2v) is 8.21. The van der Waals surface area contributed by atoms with Crippen molar-refractivity contribution < 1.29 is 14.0 Å². The van der Waals surface area contributed by atoms with Crippen LogP contribution in [0.3, 0.4) is 0 Å². The molecule has 2 N–H and O–H groups in total. The highest BCUT2D eigenvalue weighted by atomic mass is 19.1. The van der Waals surface area contributed by atoms with E-state index in [1.165, 1.54) is 24.7 Å². The van der Waals surface area contributed by atoms with E-state index in [0.29, 0.717) is 49.1 Å². The fraction of sp³-hybridized carbons (Fsp3) is 0.375. The Morgan fingerprint density at radius 1 is 1.16 bits per heavy atom. The molecular weight excluding hydrogens is 411 g/mol. The number of ketones is 1. The summed E-state index contributed by atoms with van der Waals surface area (Å²) >= 11 is 0. The van der Waals surface area contributed by atoms with E-state index in [4.69, 9.17) is 0 Å². The average molecular weight is 439 g/mol. The largest absolute Gasteiger partial charge is 0.355 e. The third-order valence-corrected chi connectivity index (χ3v) is 6.25. The highest BCUT2D eigenvalue weighted by molar-refractivity contribution is 5.98. The summed E-state index contributed by atoms with van der Waals surface area (Å²) in [5.41, 5.74) is 2.37. The molecule has 0 bridgehead atoms. The number of hydrogen-bond donors (Lipinski definition) is 2. The fourth-order valence-corrected chi connectivity index (χ4v) is 4.37. The van der Waals surface area contributed by atoms with Crippen molar-refractivity contribution in [3.05, 3.63) is 69.4 Å². The lowest BCUT2D eigenvalue weighted by molar-refractivity contribution is 0.0897. The summed E-state index contributed by atoms with van der Waals surface area (Å²) in [4.78, 5) is 41.9. The monoisotopic (exact) mass is 438 g/mol. The molecular formula is C24H27FN4O3. The highest BCUT2D eigenvalue weighted by Gasteiger charge is 2.26. The molecule has 168 valence electrons. The maximum Gasteiger partial charge on any atom is 0.326 e. The molecule has 1 aliphatic rings. The summed E-state index contributed by atoms with van der Waals surface area (Å²) in [6.45, 7) is 3.75. The number of amides is 1. The topological polar surface area (TPSA) is 87.2 Å². The van der Waals surface area contributed by atoms with Gasteiger partial charge in [-0.1, -0.05) is 31.2 Å². The molecule has 7 nitrogen and oxygen atoms in total. The van der Waals surface area contributed by atoms with Gasteiger partial charge in [-0.25, -0.2) is 9.18 Å². The zero-order valence-corrected chi connectivity index (χ0v) is 18.3. The minimum atomic E-state index is -0.665. The van der Waals surface area contributed by atoms with Gasteiger partial charge in [-0.2, -0.15) is 0 Å². The van der Waals surface area contributed by atoms with Crippen LogP contribution in [-0.2, 0) is 6.42 Å². The molecule has 2 heterocycles. The number of Topliss-reactive ketones (excluding diaryl/α,β-unsaturated/α-hetero) is 1. The molecule has 8 heteroatoms. The summed E-state index contributed by atoms with van der Waals surface area (Å²) < 4.78 is 16.1. The number of benzene rings is 2. The van der Waals surface area contributed by atoms with E-state index >= 15 is 0 Å². The molecule has 0 unspecified atom stereocenters. The standard InChI is InChI=1S/C24H27FN4O3/c1-3-15-4-6-16(7-5-15)22(30)14-28-10-8-17(9-11-28)29-21-13-19(25)18(23(31)26-2)12-20(21)27-24(29)32/h4-7,12-13,17H,3,8-11,14H2,1-2H3,(H,26,31)(H,27,32). The van der Waals surface area contributed by atoms with Crippen LogP contribution in [0.5, 0.6) is 0 Å². The molecule has 1 fully saturated rings. The minimum Gasteiger partial charge on any atom is -0.355 e.